The summed E-state index contributed by atoms with van der Waals surface area (Å²) in [5.41, 5.74) is 2.08. The van der Waals surface area contributed by atoms with Crippen molar-refractivity contribution in [3.05, 3.63) is 53.7 Å². The Labute approximate surface area is 157 Å². The fourth-order valence-electron chi connectivity index (χ4n) is 2.34. The Morgan fingerprint density at radius 3 is 2.69 bits per heavy atom. The monoisotopic (exact) mass is 373 g/mol. The smallest absolute Gasteiger partial charge is 0.251 e. The van der Waals surface area contributed by atoms with E-state index in [4.69, 9.17) is 4.74 Å². The molecule has 0 aliphatic heterocycles. The number of ether oxygens (including phenoxy) is 1. The zero-order valence-electron chi connectivity index (χ0n) is 15.1. The van der Waals surface area contributed by atoms with Crippen molar-refractivity contribution in [2.24, 2.45) is 0 Å². The van der Waals surface area contributed by atoms with E-state index >= 15 is 0 Å². The van der Waals surface area contributed by atoms with Crippen LogP contribution >= 0.6 is 11.8 Å². The molecule has 0 spiro atoms. The predicted octanol–water partition coefficient (Wildman–Crippen LogP) is 2.89. The number of aromatic nitrogens is 1. The van der Waals surface area contributed by atoms with E-state index in [0.29, 0.717) is 23.6 Å². The summed E-state index contributed by atoms with van der Waals surface area (Å²) >= 11 is 1.62. The van der Waals surface area contributed by atoms with Crippen molar-refractivity contribution in [1.29, 1.82) is 0 Å². The SMILES string of the molecule is COc1ccc(NC(=O)[C@H](CCSC)NC(=O)c2cccc(C)c2)cn1. The Hall–Kier alpha value is -2.54. The number of nitrogens with one attached hydrogen (secondary N) is 2. The van der Waals surface area contributed by atoms with E-state index in [1.165, 1.54) is 13.3 Å². The number of aryl methyl sites for hydroxylation is 1. The molecule has 0 saturated heterocycles. The first kappa shape index (κ1) is 19.8. The van der Waals surface area contributed by atoms with E-state index in [1.807, 2.05) is 25.3 Å². The second kappa shape index (κ2) is 9.82. The molecule has 138 valence electrons. The Morgan fingerprint density at radius 1 is 1.27 bits per heavy atom. The van der Waals surface area contributed by atoms with Gasteiger partial charge in [0, 0.05) is 11.6 Å². The number of nitrogens with zero attached hydrogens (tertiary/aromatic N) is 1. The minimum absolute atomic E-state index is 0.261. The predicted molar refractivity (Wildman–Crippen MR) is 105 cm³/mol. The van der Waals surface area contributed by atoms with Crippen molar-refractivity contribution < 1.29 is 14.3 Å². The van der Waals surface area contributed by atoms with Crippen LogP contribution in [0.15, 0.2) is 42.6 Å². The summed E-state index contributed by atoms with van der Waals surface area (Å²) < 4.78 is 5.00. The Balaban J connectivity index is 2.06. The Morgan fingerprint density at radius 2 is 2.08 bits per heavy atom. The largest absolute Gasteiger partial charge is 0.481 e. The van der Waals surface area contributed by atoms with E-state index in [1.54, 1.807) is 36.0 Å². The number of pyridine rings is 1. The summed E-state index contributed by atoms with van der Waals surface area (Å²) in [6.45, 7) is 1.92. The van der Waals surface area contributed by atoms with Crippen molar-refractivity contribution in [3.8, 4) is 5.88 Å². The van der Waals surface area contributed by atoms with Crippen LogP contribution in [0.5, 0.6) is 5.88 Å². The molecule has 0 radical (unpaired) electrons. The van der Waals surface area contributed by atoms with Crippen LogP contribution in [-0.4, -0.2) is 42.0 Å². The van der Waals surface area contributed by atoms with Gasteiger partial charge in [-0.25, -0.2) is 4.98 Å². The van der Waals surface area contributed by atoms with Crippen LogP contribution in [-0.2, 0) is 4.79 Å². The molecule has 0 saturated carbocycles. The van der Waals surface area contributed by atoms with E-state index in [2.05, 4.69) is 15.6 Å². The topological polar surface area (TPSA) is 80.3 Å². The van der Waals surface area contributed by atoms with Gasteiger partial charge in [-0.3, -0.25) is 9.59 Å². The molecule has 2 aromatic rings. The van der Waals surface area contributed by atoms with Crippen LogP contribution in [0.4, 0.5) is 5.69 Å². The minimum atomic E-state index is -0.627. The van der Waals surface area contributed by atoms with Gasteiger partial charge in [-0.2, -0.15) is 11.8 Å². The first-order valence-electron chi connectivity index (χ1n) is 8.21. The number of carbonyl (C=O) groups excluding carboxylic acids is 2. The number of benzene rings is 1. The van der Waals surface area contributed by atoms with E-state index in [0.717, 1.165) is 11.3 Å². The molecule has 0 bridgehead atoms. The minimum Gasteiger partial charge on any atom is -0.481 e. The van der Waals surface area contributed by atoms with Crippen molar-refractivity contribution in [2.75, 3.05) is 24.4 Å². The maximum absolute atomic E-state index is 12.6. The highest BCUT2D eigenvalue weighted by Crippen LogP contribution is 2.13. The lowest BCUT2D eigenvalue weighted by molar-refractivity contribution is -0.118. The second-order valence-corrected chi connectivity index (χ2v) is 6.74. The Kier molecular flexibility index (Phi) is 7.47. The average Bonchev–Trinajstić information content (AvgIpc) is 2.65. The van der Waals surface area contributed by atoms with Crippen LogP contribution in [0.1, 0.15) is 22.3 Å². The highest BCUT2D eigenvalue weighted by atomic mass is 32.2. The van der Waals surface area contributed by atoms with E-state index in [-0.39, 0.29) is 11.8 Å². The van der Waals surface area contributed by atoms with Gasteiger partial charge in [0.05, 0.1) is 19.0 Å². The summed E-state index contributed by atoms with van der Waals surface area (Å²) in [6, 6.07) is 10.0. The lowest BCUT2D eigenvalue weighted by atomic mass is 10.1. The number of anilines is 1. The fourth-order valence-corrected chi connectivity index (χ4v) is 2.81. The molecule has 0 unspecified atom stereocenters. The first-order chi connectivity index (χ1) is 12.5. The maximum Gasteiger partial charge on any atom is 0.251 e. The van der Waals surface area contributed by atoms with Gasteiger partial charge in [-0.1, -0.05) is 17.7 Å². The number of rotatable bonds is 8. The molecule has 0 aliphatic rings. The normalized spacial score (nSPS) is 11.5. The summed E-state index contributed by atoms with van der Waals surface area (Å²) in [4.78, 5) is 29.2. The third-order valence-corrected chi connectivity index (χ3v) is 4.37. The molecule has 1 aromatic carbocycles. The lowest BCUT2D eigenvalue weighted by Crippen LogP contribution is -2.44. The third-order valence-electron chi connectivity index (χ3n) is 3.73. The molecule has 1 heterocycles. The van der Waals surface area contributed by atoms with Crippen LogP contribution < -0.4 is 15.4 Å². The maximum atomic E-state index is 12.6. The fraction of sp³-hybridized carbons (Fsp3) is 0.316. The highest BCUT2D eigenvalue weighted by Gasteiger charge is 2.21. The molecule has 26 heavy (non-hydrogen) atoms. The molecular formula is C19H23N3O3S. The van der Waals surface area contributed by atoms with Gasteiger partial charge in [-0.05, 0) is 43.6 Å². The summed E-state index contributed by atoms with van der Waals surface area (Å²) in [5, 5.41) is 5.62. The number of carbonyl (C=O) groups is 2. The Bertz CT molecular complexity index is 750. The lowest BCUT2D eigenvalue weighted by Gasteiger charge is -2.18. The van der Waals surface area contributed by atoms with E-state index in [9.17, 15) is 9.59 Å². The van der Waals surface area contributed by atoms with Crippen LogP contribution in [0.2, 0.25) is 0 Å². The number of methoxy groups -OCH3 is 1. The third kappa shape index (κ3) is 5.77. The number of thioether (sulfide) groups is 1. The van der Waals surface area contributed by atoms with Crippen LogP contribution in [0.25, 0.3) is 0 Å². The number of hydrogen-bond acceptors (Lipinski definition) is 5. The molecule has 2 amide bonds. The standard InChI is InChI=1S/C19H23N3O3S/c1-13-5-4-6-14(11-13)18(23)22-16(9-10-26-3)19(24)21-15-7-8-17(25-2)20-12-15/h4-8,11-12,16H,9-10H2,1-3H3,(H,21,24)(H,22,23)/t16-/m0/s1. The van der Waals surface area contributed by atoms with E-state index < -0.39 is 6.04 Å². The molecule has 0 aliphatic carbocycles. The first-order valence-corrected chi connectivity index (χ1v) is 9.60. The van der Waals surface area contributed by atoms with Crippen molar-refractivity contribution in [2.45, 2.75) is 19.4 Å². The molecule has 2 N–H and O–H groups in total. The average molecular weight is 373 g/mol. The summed E-state index contributed by atoms with van der Waals surface area (Å²) in [6.07, 6.45) is 4.02. The molecule has 6 nitrogen and oxygen atoms in total. The van der Waals surface area contributed by atoms with Gasteiger partial charge in [0.2, 0.25) is 11.8 Å². The molecule has 1 atom stereocenters. The summed E-state index contributed by atoms with van der Waals surface area (Å²) in [5.74, 6) is 0.692. The molecule has 0 fully saturated rings. The number of amides is 2. The molecule has 2 rings (SSSR count). The van der Waals surface area contributed by atoms with Gasteiger partial charge in [-0.15, -0.1) is 0 Å². The zero-order valence-corrected chi connectivity index (χ0v) is 15.9. The second-order valence-electron chi connectivity index (χ2n) is 5.76. The van der Waals surface area contributed by atoms with Gasteiger partial charge < -0.3 is 15.4 Å². The van der Waals surface area contributed by atoms with Crippen molar-refractivity contribution in [1.82, 2.24) is 10.3 Å². The van der Waals surface area contributed by atoms with Gasteiger partial charge >= 0.3 is 0 Å². The van der Waals surface area contributed by atoms with Crippen molar-refractivity contribution in [3.63, 3.8) is 0 Å². The zero-order chi connectivity index (χ0) is 18.9. The quantitative estimate of drug-likeness (QED) is 0.744. The van der Waals surface area contributed by atoms with Crippen molar-refractivity contribution >= 4 is 29.3 Å². The van der Waals surface area contributed by atoms with Crippen LogP contribution in [0, 0.1) is 6.92 Å². The van der Waals surface area contributed by atoms with Gasteiger partial charge in [0.25, 0.3) is 5.91 Å². The van der Waals surface area contributed by atoms with Gasteiger partial charge in [0.1, 0.15) is 6.04 Å². The molecular weight excluding hydrogens is 350 g/mol. The van der Waals surface area contributed by atoms with Gasteiger partial charge in [0.15, 0.2) is 0 Å². The molecule has 1 aromatic heterocycles. The summed E-state index contributed by atoms with van der Waals surface area (Å²) in [7, 11) is 1.53. The molecule has 7 heteroatoms. The highest BCUT2D eigenvalue weighted by molar-refractivity contribution is 7.98. The van der Waals surface area contributed by atoms with Crippen LogP contribution in [0.3, 0.4) is 0 Å². The number of hydrogen-bond donors (Lipinski definition) is 2.